The Morgan fingerprint density at radius 2 is 1.62 bits per heavy atom. The number of hydrogen-bond donors (Lipinski definition) is 2. The van der Waals surface area contributed by atoms with Crippen LogP contribution in [-0.4, -0.2) is 32.4 Å². The summed E-state index contributed by atoms with van der Waals surface area (Å²) in [6.07, 6.45) is 5.25. The largest absolute Gasteiger partial charge is 0.454 e. The van der Waals surface area contributed by atoms with E-state index in [4.69, 9.17) is 9.88 Å². The molecule has 39 heavy (non-hydrogen) atoms. The molecule has 0 aliphatic heterocycles. The van der Waals surface area contributed by atoms with Gasteiger partial charge in [-0.05, 0) is 49.2 Å². The number of carbonyl (C=O) groups excluding carboxylic acids is 1. The molecule has 0 bridgehead atoms. The molecule has 4 aromatic rings. The molecule has 0 saturated carbocycles. The van der Waals surface area contributed by atoms with Gasteiger partial charge < -0.3 is 15.0 Å². The zero-order valence-corrected chi connectivity index (χ0v) is 23.1. The van der Waals surface area contributed by atoms with Gasteiger partial charge in [0.2, 0.25) is 10.0 Å². The first-order chi connectivity index (χ1) is 18.8. The zero-order chi connectivity index (χ0) is 27.8. The van der Waals surface area contributed by atoms with Crippen LogP contribution in [0.25, 0.3) is 10.9 Å². The lowest BCUT2D eigenvalue weighted by Crippen LogP contribution is -2.27. The lowest BCUT2D eigenvalue weighted by atomic mass is 10.1. The number of primary sulfonamides is 1. The van der Waals surface area contributed by atoms with Crippen molar-refractivity contribution in [1.82, 2.24) is 4.98 Å². The molecular weight excluding hydrogens is 512 g/mol. The minimum Gasteiger partial charge on any atom is -0.454 e. The van der Waals surface area contributed by atoms with Crippen LogP contribution in [0, 0.1) is 0 Å². The van der Waals surface area contributed by atoms with Gasteiger partial charge in [0.15, 0.2) is 5.75 Å². The smallest absolute Gasteiger partial charge is 0.255 e. The van der Waals surface area contributed by atoms with Gasteiger partial charge in [-0.25, -0.2) is 13.6 Å². The highest BCUT2D eigenvalue weighted by molar-refractivity contribution is 7.89. The Morgan fingerprint density at radius 1 is 0.949 bits per heavy atom. The maximum Gasteiger partial charge on any atom is 0.255 e. The van der Waals surface area contributed by atoms with Gasteiger partial charge in [-0.15, -0.1) is 0 Å². The number of benzene rings is 3. The van der Waals surface area contributed by atoms with E-state index in [2.05, 4.69) is 29.0 Å². The summed E-state index contributed by atoms with van der Waals surface area (Å²) in [5.74, 6) is 0.101. The molecule has 204 valence electrons. The van der Waals surface area contributed by atoms with Crippen molar-refractivity contribution in [2.45, 2.75) is 44.4 Å². The number of aromatic nitrogens is 1. The van der Waals surface area contributed by atoms with E-state index in [1.54, 1.807) is 36.5 Å². The third-order valence-corrected chi connectivity index (χ3v) is 7.24. The third kappa shape index (κ3) is 7.13. The minimum atomic E-state index is -4.25. The number of anilines is 2. The van der Waals surface area contributed by atoms with Gasteiger partial charge in [-0.3, -0.25) is 9.78 Å². The Hall–Kier alpha value is -3.95. The number of rotatable bonds is 12. The number of sulfonamides is 1. The predicted octanol–water partition coefficient (Wildman–Crippen LogP) is 6.33. The molecule has 9 heteroatoms. The second kappa shape index (κ2) is 12.7. The van der Waals surface area contributed by atoms with Crippen molar-refractivity contribution in [2.24, 2.45) is 5.14 Å². The first kappa shape index (κ1) is 28.1. The average molecular weight is 547 g/mol. The van der Waals surface area contributed by atoms with Crippen LogP contribution in [0.4, 0.5) is 11.4 Å². The molecule has 3 N–H and O–H groups in total. The molecule has 4 rings (SSSR count). The number of carbonyl (C=O) groups is 1. The van der Waals surface area contributed by atoms with Crippen molar-refractivity contribution in [1.29, 1.82) is 0 Å². The second-order valence-corrected chi connectivity index (χ2v) is 10.9. The van der Waals surface area contributed by atoms with E-state index in [0.717, 1.165) is 36.6 Å². The topological polar surface area (TPSA) is 115 Å². The standard InChI is InChI=1S/C30H34N4O4S/c1-3-5-16-34(17-6-4-2)27-19-23(30(35)33-24-18-22-12-10-11-15-26(22)32-21-24)20-28(39(31,36)37)29(27)38-25-13-8-7-9-14-25/h7-15,18-21H,3-6,16-17H2,1-2H3,(H,33,35)(H2,31,36,37). The van der Waals surface area contributed by atoms with Crippen molar-refractivity contribution in [3.05, 3.63) is 84.6 Å². The fourth-order valence-corrected chi connectivity index (χ4v) is 4.96. The number of hydrogen-bond acceptors (Lipinski definition) is 6. The molecular formula is C30H34N4O4S. The summed E-state index contributed by atoms with van der Waals surface area (Å²) in [6.45, 7) is 5.53. The molecule has 3 aromatic carbocycles. The van der Waals surface area contributed by atoms with Gasteiger partial charge in [-0.2, -0.15) is 0 Å². The number of nitrogens with two attached hydrogens (primary N) is 1. The van der Waals surface area contributed by atoms with E-state index < -0.39 is 15.9 Å². The third-order valence-electron chi connectivity index (χ3n) is 6.32. The molecule has 0 aliphatic rings. The molecule has 0 unspecified atom stereocenters. The summed E-state index contributed by atoms with van der Waals surface area (Å²) in [6, 6.07) is 21.3. The van der Waals surface area contributed by atoms with Crippen molar-refractivity contribution >= 4 is 38.2 Å². The Balaban J connectivity index is 1.82. The van der Waals surface area contributed by atoms with E-state index in [-0.39, 0.29) is 16.2 Å². The van der Waals surface area contributed by atoms with Gasteiger partial charge in [0, 0.05) is 24.0 Å². The molecule has 1 heterocycles. The number of ether oxygens (including phenoxy) is 1. The normalized spacial score (nSPS) is 11.4. The highest BCUT2D eigenvalue weighted by Gasteiger charge is 2.26. The summed E-state index contributed by atoms with van der Waals surface area (Å²) in [4.78, 5) is 19.7. The Morgan fingerprint density at radius 3 is 2.28 bits per heavy atom. The average Bonchev–Trinajstić information content (AvgIpc) is 2.93. The van der Waals surface area contributed by atoms with Gasteiger partial charge in [0.05, 0.1) is 23.1 Å². The second-order valence-electron chi connectivity index (χ2n) is 9.35. The fraction of sp³-hybridized carbons (Fsp3) is 0.267. The van der Waals surface area contributed by atoms with Crippen molar-refractivity contribution in [3.8, 4) is 11.5 Å². The van der Waals surface area contributed by atoms with E-state index in [1.165, 1.54) is 6.07 Å². The molecule has 0 saturated heterocycles. The number of nitrogens with zero attached hydrogens (tertiary/aromatic N) is 2. The molecule has 0 aliphatic carbocycles. The molecule has 0 fully saturated rings. The predicted molar refractivity (Wildman–Crippen MR) is 156 cm³/mol. The molecule has 8 nitrogen and oxygen atoms in total. The van der Waals surface area contributed by atoms with Crippen LogP contribution in [0.5, 0.6) is 11.5 Å². The zero-order valence-electron chi connectivity index (χ0n) is 22.3. The van der Waals surface area contributed by atoms with Gasteiger partial charge >= 0.3 is 0 Å². The Kier molecular flexibility index (Phi) is 9.16. The quantitative estimate of drug-likeness (QED) is 0.214. The maximum atomic E-state index is 13.5. The SMILES string of the molecule is CCCCN(CCCC)c1cc(C(=O)Nc2cnc3ccccc3c2)cc(S(N)(=O)=O)c1Oc1ccccc1. The van der Waals surface area contributed by atoms with Crippen molar-refractivity contribution in [2.75, 3.05) is 23.3 Å². The lowest BCUT2D eigenvalue weighted by Gasteiger charge is -2.28. The van der Waals surface area contributed by atoms with Gasteiger partial charge in [0.1, 0.15) is 10.6 Å². The van der Waals surface area contributed by atoms with Crippen molar-refractivity contribution < 1.29 is 17.9 Å². The van der Waals surface area contributed by atoms with Crippen LogP contribution in [0.3, 0.4) is 0 Å². The molecule has 0 atom stereocenters. The van der Waals surface area contributed by atoms with Gasteiger partial charge in [-0.1, -0.05) is 63.1 Å². The summed E-state index contributed by atoms with van der Waals surface area (Å²) < 4.78 is 31.9. The van der Waals surface area contributed by atoms with Crippen molar-refractivity contribution in [3.63, 3.8) is 0 Å². The van der Waals surface area contributed by atoms with Crippen LogP contribution in [0.1, 0.15) is 49.9 Å². The molecule has 0 spiro atoms. The number of fused-ring (bicyclic) bond motifs is 1. The van der Waals surface area contributed by atoms with Gasteiger partial charge in [0.25, 0.3) is 5.91 Å². The minimum absolute atomic E-state index is 0.111. The molecule has 1 aromatic heterocycles. The van der Waals surface area contributed by atoms with Crippen LogP contribution >= 0.6 is 0 Å². The van der Waals surface area contributed by atoms with E-state index >= 15 is 0 Å². The maximum absolute atomic E-state index is 13.5. The van der Waals surface area contributed by atoms with E-state index in [1.807, 2.05) is 36.4 Å². The van der Waals surface area contributed by atoms with Crippen LogP contribution in [0.2, 0.25) is 0 Å². The van der Waals surface area contributed by atoms with Crippen LogP contribution in [0.15, 0.2) is 83.9 Å². The number of para-hydroxylation sites is 2. The fourth-order valence-electron chi connectivity index (χ4n) is 4.27. The Bertz CT molecular complexity index is 1530. The highest BCUT2D eigenvalue weighted by atomic mass is 32.2. The van der Waals surface area contributed by atoms with E-state index in [0.29, 0.717) is 30.2 Å². The number of pyridine rings is 1. The van der Waals surface area contributed by atoms with E-state index in [9.17, 15) is 13.2 Å². The first-order valence-electron chi connectivity index (χ1n) is 13.1. The number of nitrogens with one attached hydrogen (secondary N) is 1. The molecule has 0 radical (unpaired) electrons. The highest BCUT2D eigenvalue weighted by Crippen LogP contribution is 2.40. The van der Waals surface area contributed by atoms with Crippen LogP contribution in [-0.2, 0) is 10.0 Å². The first-order valence-corrected chi connectivity index (χ1v) is 14.7. The summed E-state index contributed by atoms with van der Waals surface area (Å²) in [5.41, 5.74) is 1.96. The summed E-state index contributed by atoms with van der Waals surface area (Å²) in [7, 11) is -4.25. The lowest BCUT2D eigenvalue weighted by molar-refractivity contribution is 0.102. The molecule has 1 amide bonds. The Labute approximate surface area is 229 Å². The van der Waals surface area contributed by atoms with Crippen LogP contribution < -0.4 is 20.1 Å². The summed E-state index contributed by atoms with van der Waals surface area (Å²) >= 11 is 0. The summed E-state index contributed by atoms with van der Waals surface area (Å²) in [5, 5.41) is 9.42. The monoisotopic (exact) mass is 546 g/mol. The number of unbranched alkanes of at least 4 members (excludes halogenated alkanes) is 2. The number of amides is 1.